The normalized spacial score (nSPS) is 25.6. The molecule has 0 aromatic carbocycles. The first-order chi connectivity index (χ1) is 8.52. The Morgan fingerprint density at radius 3 is 2.78 bits per heavy atom. The molecular formula is C13H22N4O. The van der Waals surface area contributed by atoms with Gasteiger partial charge in [-0.15, -0.1) is 0 Å². The van der Waals surface area contributed by atoms with Crippen molar-refractivity contribution in [3.05, 3.63) is 18.2 Å². The van der Waals surface area contributed by atoms with E-state index < -0.39 is 0 Å². The molecule has 0 spiro atoms. The smallest absolute Gasteiger partial charge is 0.223 e. The number of hydrogen-bond acceptors (Lipinski definition) is 3. The molecule has 0 bridgehead atoms. The SMILES string of the molecule is CC(C)N1C(=O)CCCC(N)C1c1cncn1C. The Morgan fingerprint density at radius 1 is 1.50 bits per heavy atom. The monoisotopic (exact) mass is 250 g/mol. The third kappa shape index (κ3) is 2.27. The molecule has 1 aromatic rings. The van der Waals surface area contributed by atoms with E-state index in [1.807, 2.05) is 36.6 Å². The van der Waals surface area contributed by atoms with Crippen molar-refractivity contribution in [1.29, 1.82) is 0 Å². The summed E-state index contributed by atoms with van der Waals surface area (Å²) in [6.45, 7) is 4.08. The summed E-state index contributed by atoms with van der Waals surface area (Å²) in [6, 6.07) is 0.0725. The van der Waals surface area contributed by atoms with E-state index >= 15 is 0 Å². The molecule has 1 amide bonds. The average molecular weight is 250 g/mol. The van der Waals surface area contributed by atoms with E-state index in [4.69, 9.17) is 5.73 Å². The van der Waals surface area contributed by atoms with Crippen LogP contribution < -0.4 is 5.73 Å². The van der Waals surface area contributed by atoms with Crippen molar-refractivity contribution in [2.75, 3.05) is 0 Å². The van der Waals surface area contributed by atoms with Gasteiger partial charge in [-0.3, -0.25) is 4.79 Å². The number of aryl methyl sites for hydroxylation is 1. The van der Waals surface area contributed by atoms with Crippen LogP contribution in [-0.4, -0.2) is 32.4 Å². The van der Waals surface area contributed by atoms with Gasteiger partial charge in [-0.1, -0.05) is 0 Å². The molecule has 1 aliphatic rings. The lowest BCUT2D eigenvalue weighted by atomic mass is 10.0. The molecule has 5 nitrogen and oxygen atoms in total. The number of nitrogens with two attached hydrogens (primary N) is 1. The number of carbonyl (C=O) groups is 1. The molecule has 5 heteroatoms. The van der Waals surface area contributed by atoms with Crippen LogP contribution in [0.4, 0.5) is 0 Å². The van der Waals surface area contributed by atoms with Crippen molar-refractivity contribution >= 4 is 5.91 Å². The maximum absolute atomic E-state index is 12.3. The summed E-state index contributed by atoms with van der Waals surface area (Å²) >= 11 is 0. The third-order valence-corrected chi connectivity index (χ3v) is 3.63. The minimum Gasteiger partial charge on any atom is -0.336 e. The van der Waals surface area contributed by atoms with Gasteiger partial charge in [0.25, 0.3) is 0 Å². The van der Waals surface area contributed by atoms with E-state index in [-0.39, 0.29) is 24.0 Å². The predicted molar refractivity (Wildman–Crippen MR) is 69.8 cm³/mol. The summed E-state index contributed by atoms with van der Waals surface area (Å²) in [5.74, 6) is 0.198. The molecule has 2 rings (SSSR count). The van der Waals surface area contributed by atoms with E-state index in [1.165, 1.54) is 0 Å². The zero-order chi connectivity index (χ0) is 13.3. The van der Waals surface area contributed by atoms with Gasteiger partial charge < -0.3 is 15.2 Å². The lowest BCUT2D eigenvalue weighted by molar-refractivity contribution is -0.135. The summed E-state index contributed by atoms with van der Waals surface area (Å²) in [7, 11) is 1.95. The summed E-state index contributed by atoms with van der Waals surface area (Å²) in [4.78, 5) is 18.3. The van der Waals surface area contributed by atoms with Gasteiger partial charge in [0.2, 0.25) is 5.91 Å². The molecule has 2 atom stereocenters. The van der Waals surface area contributed by atoms with Gasteiger partial charge in [0.05, 0.1) is 24.3 Å². The largest absolute Gasteiger partial charge is 0.336 e. The van der Waals surface area contributed by atoms with E-state index in [2.05, 4.69) is 4.98 Å². The Bertz CT molecular complexity index is 426. The van der Waals surface area contributed by atoms with Crippen molar-refractivity contribution in [2.45, 2.75) is 51.2 Å². The molecule has 2 heterocycles. The minimum atomic E-state index is -0.0625. The number of likely N-dealkylation sites (tertiary alicyclic amines) is 1. The predicted octanol–water partition coefficient (Wildman–Crippen LogP) is 1.21. The number of imidazole rings is 1. The van der Waals surface area contributed by atoms with Crippen LogP contribution in [0, 0.1) is 0 Å². The van der Waals surface area contributed by atoms with Crippen molar-refractivity contribution in [3.8, 4) is 0 Å². The zero-order valence-corrected chi connectivity index (χ0v) is 11.3. The van der Waals surface area contributed by atoms with Gasteiger partial charge >= 0.3 is 0 Å². The number of carbonyl (C=O) groups excluding carboxylic acids is 1. The van der Waals surface area contributed by atoms with Gasteiger partial charge in [0, 0.05) is 25.6 Å². The molecule has 0 radical (unpaired) electrons. The zero-order valence-electron chi connectivity index (χ0n) is 11.3. The molecule has 2 N–H and O–H groups in total. The molecule has 0 saturated carbocycles. The molecule has 1 saturated heterocycles. The second kappa shape index (κ2) is 5.10. The van der Waals surface area contributed by atoms with Crippen molar-refractivity contribution in [2.24, 2.45) is 12.8 Å². The van der Waals surface area contributed by atoms with E-state index in [1.54, 1.807) is 6.33 Å². The maximum Gasteiger partial charge on any atom is 0.223 e. The number of amides is 1. The summed E-state index contributed by atoms with van der Waals surface area (Å²) in [6.07, 6.45) is 5.93. The van der Waals surface area contributed by atoms with E-state index in [9.17, 15) is 4.79 Å². The van der Waals surface area contributed by atoms with Crippen LogP contribution in [0.2, 0.25) is 0 Å². The Hall–Kier alpha value is -1.36. The second-order valence-electron chi connectivity index (χ2n) is 5.33. The lowest BCUT2D eigenvalue weighted by Crippen LogP contribution is -2.46. The summed E-state index contributed by atoms with van der Waals surface area (Å²) in [5, 5.41) is 0. The van der Waals surface area contributed by atoms with Crippen LogP contribution in [0.5, 0.6) is 0 Å². The highest BCUT2D eigenvalue weighted by Gasteiger charge is 2.35. The van der Waals surface area contributed by atoms with Crippen LogP contribution in [0.1, 0.15) is 44.8 Å². The lowest BCUT2D eigenvalue weighted by Gasteiger charge is -2.36. The first-order valence-electron chi connectivity index (χ1n) is 6.55. The first kappa shape index (κ1) is 13.1. The fraction of sp³-hybridized carbons (Fsp3) is 0.692. The molecule has 1 fully saturated rings. The number of aromatic nitrogens is 2. The Morgan fingerprint density at radius 2 is 2.22 bits per heavy atom. The topological polar surface area (TPSA) is 64.2 Å². The number of hydrogen-bond donors (Lipinski definition) is 1. The fourth-order valence-electron chi connectivity index (χ4n) is 2.76. The third-order valence-electron chi connectivity index (χ3n) is 3.63. The Labute approximate surface area is 108 Å². The van der Waals surface area contributed by atoms with Gasteiger partial charge in [-0.05, 0) is 26.7 Å². The summed E-state index contributed by atoms with van der Waals surface area (Å²) < 4.78 is 1.96. The molecule has 0 aliphatic carbocycles. The van der Waals surface area contributed by atoms with Gasteiger partial charge in [0.15, 0.2) is 0 Å². The van der Waals surface area contributed by atoms with Gasteiger partial charge in [-0.2, -0.15) is 0 Å². The Balaban J connectivity index is 2.42. The quantitative estimate of drug-likeness (QED) is 0.858. The van der Waals surface area contributed by atoms with Crippen LogP contribution in [0.15, 0.2) is 12.5 Å². The summed E-state index contributed by atoms with van der Waals surface area (Å²) in [5.41, 5.74) is 7.31. The molecule has 1 aliphatic heterocycles. The first-order valence-corrected chi connectivity index (χ1v) is 6.55. The highest BCUT2D eigenvalue weighted by Crippen LogP contribution is 2.31. The molecule has 18 heavy (non-hydrogen) atoms. The average Bonchev–Trinajstić information content (AvgIpc) is 2.64. The fourth-order valence-corrected chi connectivity index (χ4v) is 2.76. The highest BCUT2D eigenvalue weighted by atomic mass is 16.2. The number of rotatable bonds is 2. The van der Waals surface area contributed by atoms with Crippen LogP contribution in [0.3, 0.4) is 0 Å². The highest BCUT2D eigenvalue weighted by molar-refractivity contribution is 5.77. The van der Waals surface area contributed by atoms with Crippen molar-refractivity contribution < 1.29 is 4.79 Å². The maximum atomic E-state index is 12.3. The van der Waals surface area contributed by atoms with Crippen molar-refractivity contribution in [1.82, 2.24) is 14.5 Å². The van der Waals surface area contributed by atoms with Gasteiger partial charge in [0.1, 0.15) is 0 Å². The molecule has 1 aromatic heterocycles. The van der Waals surface area contributed by atoms with Crippen LogP contribution >= 0.6 is 0 Å². The van der Waals surface area contributed by atoms with Crippen LogP contribution in [-0.2, 0) is 11.8 Å². The van der Waals surface area contributed by atoms with E-state index in [0.717, 1.165) is 18.5 Å². The van der Waals surface area contributed by atoms with Crippen molar-refractivity contribution in [3.63, 3.8) is 0 Å². The van der Waals surface area contributed by atoms with Crippen LogP contribution in [0.25, 0.3) is 0 Å². The molecule has 2 unspecified atom stereocenters. The Kier molecular flexibility index (Phi) is 3.71. The minimum absolute atomic E-state index is 0.0192. The standard InChI is InChI=1S/C13H22N4O/c1-9(2)17-12(18)6-4-5-10(14)13(17)11-7-15-8-16(11)3/h7-10,13H,4-6,14H2,1-3H3. The molecular weight excluding hydrogens is 228 g/mol. The second-order valence-corrected chi connectivity index (χ2v) is 5.33. The van der Waals surface area contributed by atoms with Gasteiger partial charge in [-0.25, -0.2) is 4.98 Å². The van der Waals surface area contributed by atoms with E-state index in [0.29, 0.717) is 6.42 Å². The number of nitrogens with zero attached hydrogens (tertiary/aromatic N) is 3. The molecule has 100 valence electrons.